The molecule has 0 unspecified atom stereocenters. The van der Waals surface area contributed by atoms with E-state index in [2.05, 4.69) is 76.0 Å². The highest BCUT2D eigenvalue weighted by molar-refractivity contribution is 9.10. The lowest BCUT2D eigenvalue weighted by atomic mass is 10.1. The van der Waals surface area contributed by atoms with Crippen LogP contribution in [-0.4, -0.2) is 47.7 Å². The average molecular weight is 349 g/mol. The Morgan fingerprint density at radius 1 is 1.14 bits per heavy atom. The van der Waals surface area contributed by atoms with E-state index in [0.717, 1.165) is 23.4 Å². The summed E-state index contributed by atoms with van der Waals surface area (Å²) in [5.41, 5.74) is 2.43. The van der Waals surface area contributed by atoms with Gasteiger partial charge in [-0.1, -0.05) is 6.92 Å². The predicted octanol–water partition coefficient (Wildman–Crippen LogP) is 3.02. The summed E-state index contributed by atoms with van der Waals surface area (Å²) in [6.45, 7) is 4.56. The number of benzene rings is 1. The van der Waals surface area contributed by atoms with E-state index in [9.17, 15) is 0 Å². The van der Waals surface area contributed by atoms with Gasteiger partial charge in [-0.15, -0.1) is 0 Å². The van der Waals surface area contributed by atoms with E-state index in [1.807, 2.05) is 17.1 Å². The lowest BCUT2D eigenvalue weighted by molar-refractivity contribution is 0.266. The lowest BCUT2D eigenvalue weighted by Crippen LogP contribution is -2.34. The smallest absolute Gasteiger partial charge is 0.124 e. The van der Waals surface area contributed by atoms with Crippen LogP contribution in [0.4, 0.5) is 5.69 Å². The highest BCUT2D eigenvalue weighted by Crippen LogP contribution is 2.27. The van der Waals surface area contributed by atoms with Crippen LogP contribution in [0.5, 0.6) is 0 Å². The van der Waals surface area contributed by atoms with E-state index < -0.39 is 0 Å². The number of nitrogens with zero attached hydrogens (tertiary/aromatic N) is 4. The first-order valence-corrected chi connectivity index (χ1v) is 8.05. The zero-order valence-corrected chi connectivity index (χ0v) is 14.3. The number of rotatable bonds is 3. The number of hydrogen-bond acceptors (Lipinski definition) is 3. The molecule has 1 aromatic carbocycles. The van der Waals surface area contributed by atoms with E-state index in [0.29, 0.717) is 12.0 Å². The molecule has 2 aromatic rings. The average Bonchev–Trinajstić information content (AvgIpc) is 3.05. The van der Waals surface area contributed by atoms with Crippen LogP contribution >= 0.6 is 15.9 Å². The molecular weight excluding hydrogens is 328 g/mol. The third kappa shape index (κ3) is 2.99. The van der Waals surface area contributed by atoms with Crippen LogP contribution in [0.2, 0.25) is 0 Å². The highest BCUT2D eigenvalue weighted by Gasteiger charge is 2.30. The van der Waals surface area contributed by atoms with Crippen LogP contribution in [0.1, 0.15) is 6.92 Å². The Balaban J connectivity index is 1.76. The second-order valence-electron chi connectivity index (χ2n) is 6.03. The summed E-state index contributed by atoms with van der Waals surface area (Å²) in [5.74, 6) is 0.698. The third-order valence-corrected chi connectivity index (χ3v) is 4.71. The van der Waals surface area contributed by atoms with Gasteiger partial charge in [-0.2, -0.15) is 0 Å². The summed E-state index contributed by atoms with van der Waals surface area (Å²) in [6, 6.07) is 9.34. The Hall–Kier alpha value is -1.33. The molecule has 0 N–H and O–H groups in total. The van der Waals surface area contributed by atoms with Gasteiger partial charge in [0.05, 0.1) is 0 Å². The Bertz CT molecular complexity index is 605. The largest absolute Gasteiger partial charge is 0.370 e. The normalized spacial score (nSPS) is 22.2. The van der Waals surface area contributed by atoms with Crippen molar-refractivity contribution in [2.45, 2.75) is 13.0 Å². The van der Waals surface area contributed by atoms with Crippen molar-refractivity contribution in [3.8, 4) is 5.69 Å². The third-order valence-electron chi connectivity index (χ3n) is 4.30. The molecule has 0 bridgehead atoms. The predicted molar refractivity (Wildman–Crippen MR) is 90.1 cm³/mol. The molecule has 1 aromatic heterocycles. The maximum atomic E-state index is 4.20. The summed E-state index contributed by atoms with van der Waals surface area (Å²) in [4.78, 5) is 9.01. The van der Waals surface area contributed by atoms with Gasteiger partial charge in [-0.25, -0.2) is 4.98 Å². The molecular formula is C16H21BrN4. The fourth-order valence-electron chi connectivity index (χ4n) is 3.11. The van der Waals surface area contributed by atoms with Crippen molar-refractivity contribution in [2.75, 3.05) is 32.1 Å². The summed E-state index contributed by atoms with van der Waals surface area (Å²) >= 11 is 3.38. The standard InChI is InChI=1S/C16H21BrN4/c1-12-8-20(9-15(12)19(2)3)13-4-6-14(7-5-13)21-10-16(17)18-11-21/h4-7,10-12,15H,8-9H2,1-3H3/t12-,15+/m1/s1. The zero-order valence-electron chi connectivity index (χ0n) is 12.7. The first kappa shape index (κ1) is 14.6. The molecule has 3 rings (SSSR count). The summed E-state index contributed by atoms with van der Waals surface area (Å²) in [5, 5.41) is 0. The summed E-state index contributed by atoms with van der Waals surface area (Å²) in [6.07, 6.45) is 3.79. The fourth-order valence-corrected chi connectivity index (χ4v) is 3.42. The number of anilines is 1. The number of halogens is 1. The molecule has 2 heterocycles. The molecule has 112 valence electrons. The van der Waals surface area contributed by atoms with Crippen LogP contribution in [0.25, 0.3) is 5.69 Å². The molecule has 0 aliphatic carbocycles. The van der Waals surface area contributed by atoms with Gasteiger partial charge < -0.3 is 14.4 Å². The van der Waals surface area contributed by atoms with Crippen LogP contribution in [0.15, 0.2) is 41.4 Å². The maximum Gasteiger partial charge on any atom is 0.124 e. The Morgan fingerprint density at radius 2 is 1.81 bits per heavy atom. The molecule has 1 aliphatic rings. The number of imidazole rings is 1. The van der Waals surface area contributed by atoms with E-state index in [1.54, 1.807) is 0 Å². The topological polar surface area (TPSA) is 24.3 Å². The van der Waals surface area contributed by atoms with Crippen molar-refractivity contribution in [2.24, 2.45) is 5.92 Å². The van der Waals surface area contributed by atoms with Gasteiger partial charge in [-0.3, -0.25) is 0 Å². The van der Waals surface area contributed by atoms with E-state index in [-0.39, 0.29) is 0 Å². The first-order valence-electron chi connectivity index (χ1n) is 7.26. The molecule has 4 nitrogen and oxygen atoms in total. The zero-order chi connectivity index (χ0) is 15.0. The van der Waals surface area contributed by atoms with Gasteiger partial charge in [-0.05, 0) is 60.2 Å². The van der Waals surface area contributed by atoms with Crippen LogP contribution in [0, 0.1) is 5.92 Å². The summed E-state index contributed by atoms with van der Waals surface area (Å²) in [7, 11) is 4.34. The fraction of sp³-hybridized carbons (Fsp3) is 0.438. The number of hydrogen-bond donors (Lipinski definition) is 0. The number of aromatic nitrogens is 2. The van der Waals surface area contributed by atoms with Crippen molar-refractivity contribution >= 4 is 21.6 Å². The van der Waals surface area contributed by atoms with Gasteiger partial charge in [0.1, 0.15) is 10.9 Å². The second kappa shape index (κ2) is 5.81. The lowest BCUT2D eigenvalue weighted by Gasteiger charge is -2.23. The van der Waals surface area contributed by atoms with Crippen molar-refractivity contribution in [1.82, 2.24) is 14.5 Å². The Kier molecular flexibility index (Phi) is 4.04. The van der Waals surface area contributed by atoms with Crippen LogP contribution in [0.3, 0.4) is 0 Å². The Morgan fingerprint density at radius 3 is 2.33 bits per heavy atom. The van der Waals surface area contributed by atoms with Gasteiger partial charge in [0.15, 0.2) is 0 Å². The van der Waals surface area contributed by atoms with Crippen molar-refractivity contribution in [3.05, 3.63) is 41.4 Å². The van der Waals surface area contributed by atoms with Gasteiger partial charge in [0.25, 0.3) is 0 Å². The van der Waals surface area contributed by atoms with E-state index in [1.165, 1.54) is 5.69 Å². The molecule has 1 saturated heterocycles. The van der Waals surface area contributed by atoms with Gasteiger partial charge in [0.2, 0.25) is 0 Å². The van der Waals surface area contributed by atoms with E-state index >= 15 is 0 Å². The minimum absolute atomic E-state index is 0.634. The molecule has 1 fully saturated rings. The molecule has 1 aliphatic heterocycles. The molecule has 0 spiro atoms. The Labute approximate surface area is 134 Å². The number of likely N-dealkylation sites (N-methyl/N-ethyl adjacent to an activating group) is 1. The van der Waals surface area contributed by atoms with Gasteiger partial charge >= 0.3 is 0 Å². The van der Waals surface area contributed by atoms with Crippen molar-refractivity contribution in [3.63, 3.8) is 0 Å². The minimum atomic E-state index is 0.634. The monoisotopic (exact) mass is 348 g/mol. The van der Waals surface area contributed by atoms with Gasteiger partial charge in [0, 0.05) is 36.7 Å². The minimum Gasteiger partial charge on any atom is -0.370 e. The molecule has 2 atom stereocenters. The molecule has 21 heavy (non-hydrogen) atoms. The maximum absolute atomic E-state index is 4.20. The molecule has 0 saturated carbocycles. The van der Waals surface area contributed by atoms with Crippen LogP contribution < -0.4 is 4.90 Å². The quantitative estimate of drug-likeness (QED) is 0.851. The van der Waals surface area contributed by atoms with Crippen LogP contribution in [-0.2, 0) is 0 Å². The molecule has 0 radical (unpaired) electrons. The van der Waals surface area contributed by atoms with Crippen molar-refractivity contribution < 1.29 is 0 Å². The van der Waals surface area contributed by atoms with E-state index in [4.69, 9.17) is 0 Å². The SMILES string of the molecule is C[C@@H]1CN(c2ccc(-n3cnc(Br)c3)cc2)C[C@@H]1N(C)C. The summed E-state index contributed by atoms with van der Waals surface area (Å²) < 4.78 is 2.87. The van der Waals surface area contributed by atoms with Crippen molar-refractivity contribution in [1.29, 1.82) is 0 Å². The molecule has 0 amide bonds. The highest BCUT2D eigenvalue weighted by atomic mass is 79.9. The first-order chi connectivity index (χ1) is 10.0. The molecule has 5 heteroatoms. The second-order valence-corrected chi connectivity index (χ2v) is 6.85.